The maximum Gasteiger partial charge on any atom is 0.414 e. The van der Waals surface area contributed by atoms with Gasteiger partial charge >= 0.3 is 6.09 Å². The molecule has 25 heavy (non-hydrogen) atoms. The first kappa shape index (κ1) is 16.9. The summed E-state index contributed by atoms with van der Waals surface area (Å²) in [5.41, 5.74) is 2.03. The van der Waals surface area contributed by atoms with E-state index in [-0.39, 0.29) is 17.7 Å². The zero-order valence-corrected chi connectivity index (χ0v) is 14.5. The van der Waals surface area contributed by atoms with Gasteiger partial charge in [0.15, 0.2) is 5.69 Å². The number of rotatable bonds is 2. The van der Waals surface area contributed by atoms with Gasteiger partial charge in [-0.05, 0) is 51.3 Å². The van der Waals surface area contributed by atoms with Crippen LogP contribution in [0.5, 0.6) is 0 Å². The number of aromatic amines is 1. The number of amides is 2. The number of benzene rings is 1. The van der Waals surface area contributed by atoms with Crippen LogP contribution in [0.25, 0.3) is 0 Å². The Balaban J connectivity index is 1.82. The summed E-state index contributed by atoms with van der Waals surface area (Å²) in [5, 5.41) is 12.5. The maximum atomic E-state index is 12.5. The molecule has 0 fully saturated rings. The van der Waals surface area contributed by atoms with E-state index in [1.807, 2.05) is 32.9 Å². The topological polar surface area (TPSA) is 100 Å². The fourth-order valence-electron chi connectivity index (χ4n) is 2.67. The molecular weight excluding hydrogens is 322 g/mol. The third-order valence-electron chi connectivity index (χ3n) is 3.72. The second kappa shape index (κ2) is 6.54. The smallest absolute Gasteiger partial charge is 0.414 e. The minimum atomic E-state index is -0.562. The number of nitrogens with zero attached hydrogens (tertiary/aromatic N) is 3. The van der Waals surface area contributed by atoms with E-state index in [1.165, 1.54) is 6.20 Å². The first-order valence-electron chi connectivity index (χ1n) is 8.14. The minimum Gasteiger partial charge on any atom is -0.443 e. The fourth-order valence-corrected chi connectivity index (χ4v) is 2.67. The second-order valence-corrected chi connectivity index (χ2v) is 6.89. The van der Waals surface area contributed by atoms with Gasteiger partial charge in [-0.3, -0.25) is 9.69 Å². The first-order valence-corrected chi connectivity index (χ1v) is 8.14. The van der Waals surface area contributed by atoms with E-state index in [2.05, 4.69) is 20.7 Å². The molecule has 2 heterocycles. The lowest BCUT2D eigenvalue weighted by atomic mass is 10.0. The number of H-pyrrole nitrogens is 1. The SMILES string of the molecule is CC(C)(C)OC(=O)N1CCCc2ccc(NC(=O)c3cn[nH]n3)cc21. The molecule has 0 aliphatic carbocycles. The lowest BCUT2D eigenvalue weighted by Gasteiger charge is -2.32. The van der Waals surface area contributed by atoms with Crippen molar-refractivity contribution in [3.8, 4) is 0 Å². The van der Waals surface area contributed by atoms with Crippen LogP contribution in [0.2, 0.25) is 0 Å². The number of aromatic nitrogens is 3. The van der Waals surface area contributed by atoms with Gasteiger partial charge in [-0.25, -0.2) is 4.79 Å². The van der Waals surface area contributed by atoms with E-state index < -0.39 is 5.60 Å². The summed E-state index contributed by atoms with van der Waals surface area (Å²) in [5.74, 6) is -0.367. The van der Waals surface area contributed by atoms with E-state index in [0.717, 1.165) is 24.1 Å². The van der Waals surface area contributed by atoms with Gasteiger partial charge in [0.1, 0.15) is 5.60 Å². The Hall–Kier alpha value is -2.90. The third-order valence-corrected chi connectivity index (χ3v) is 3.72. The summed E-state index contributed by atoms with van der Waals surface area (Å²) in [6, 6.07) is 5.52. The number of anilines is 2. The average molecular weight is 343 g/mol. The Morgan fingerprint density at radius 1 is 1.32 bits per heavy atom. The van der Waals surface area contributed by atoms with Gasteiger partial charge in [-0.1, -0.05) is 6.07 Å². The highest BCUT2D eigenvalue weighted by Gasteiger charge is 2.27. The van der Waals surface area contributed by atoms with Crippen molar-refractivity contribution in [2.45, 2.75) is 39.2 Å². The van der Waals surface area contributed by atoms with Crippen molar-refractivity contribution in [2.24, 2.45) is 0 Å². The van der Waals surface area contributed by atoms with Gasteiger partial charge in [0, 0.05) is 12.2 Å². The van der Waals surface area contributed by atoms with Crippen LogP contribution in [0.15, 0.2) is 24.4 Å². The molecule has 132 valence electrons. The highest BCUT2D eigenvalue weighted by Crippen LogP contribution is 2.31. The minimum absolute atomic E-state index is 0.196. The Kier molecular flexibility index (Phi) is 4.43. The highest BCUT2D eigenvalue weighted by atomic mass is 16.6. The molecule has 0 bridgehead atoms. The van der Waals surface area contributed by atoms with Gasteiger partial charge in [-0.2, -0.15) is 15.4 Å². The molecule has 1 aromatic heterocycles. The Morgan fingerprint density at radius 2 is 2.12 bits per heavy atom. The molecule has 2 aromatic rings. The summed E-state index contributed by atoms with van der Waals surface area (Å²) < 4.78 is 5.49. The Morgan fingerprint density at radius 3 is 2.80 bits per heavy atom. The normalized spacial score (nSPS) is 14.0. The molecule has 0 spiro atoms. The summed E-state index contributed by atoms with van der Waals surface area (Å²) in [6.07, 6.45) is 2.72. The van der Waals surface area contributed by atoms with Crippen LogP contribution in [-0.2, 0) is 11.2 Å². The van der Waals surface area contributed by atoms with Gasteiger partial charge in [0.05, 0.1) is 11.9 Å². The van der Waals surface area contributed by atoms with Crippen LogP contribution in [0.1, 0.15) is 43.2 Å². The summed E-state index contributed by atoms with van der Waals surface area (Å²) in [6.45, 7) is 6.10. The van der Waals surface area contributed by atoms with E-state index in [0.29, 0.717) is 12.2 Å². The zero-order valence-electron chi connectivity index (χ0n) is 14.5. The number of hydrogen-bond donors (Lipinski definition) is 2. The van der Waals surface area contributed by atoms with Crippen LogP contribution < -0.4 is 10.2 Å². The van der Waals surface area contributed by atoms with Crippen LogP contribution in [0, 0.1) is 0 Å². The number of carbonyl (C=O) groups is 2. The van der Waals surface area contributed by atoms with Crippen LogP contribution in [-0.4, -0.2) is 39.6 Å². The lowest BCUT2D eigenvalue weighted by molar-refractivity contribution is 0.0577. The van der Waals surface area contributed by atoms with Gasteiger partial charge < -0.3 is 10.1 Å². The quantitative estimate of drug-likeness (QED) is 0.873. The third kappa shape index (κ3) is 3.96. The average Bonchev–Trinajstić information content (AvgIpc) is 3.07. The molecule has 0 saturated heterocycles. The molecule has 1 aliphatic heterocycles. The van der Waals surface area contributed by atoms with Crippen LogP contribution in [0.3, 0.4) is 0 Å². The van der Waals surface area contributed by atoms with Gasteiger partial charge in [0.25, 0.3) is 5.91 Å². The fraction of sp³-hybridized carbons (Fsp3) is 0.412. The predicted molar refractivity (Wildman–Crippen MR) is 92.7 cm³/mol. The zero-order chi connectivity index (χ0) is 18.0. The van der Waals surface area contributed by atoms with E-state index in [9.17, 15) is 9.59 Å². The molecule has 0 radical (unpaired) electrons. The largest absolute Gasteiger partial charge is 0.443 e. The summed E-state index contributed by atoms with van der Waals surface area (Å²) in [7, 11) is 0. The first-order chi connectivity index (χ1) is 11.8. The number of nitrogens with one attached hydrogen (secondary N) is 2. The number of aryl methyl sites for hydroxylation is 1. The predicted octanol–water partition coefficient (Wildman–Crippen LogP) is 2.74. The summed E-state index contributed by atoms with van der Waals surface area (Å²) in [4.78, 5) is 26.2. The van der Waals surface area contributed by atoms with E-state index in [1.54, 1.807) is 11.0 Å². The van der Waals surface area contributed by atoms with Crippen molar-refractivity contribution in [1.82, 2.24) is 15.4 Å². The van der Waals surface area contributed by atoms with Crippen molar-refractivity contribution in [3.63, 3.8) is 0 Å². The van der Waals surface area contributed by atoms with Crippen molar-refractivity contribution in [2.75, 3.05) is 16.8 Å². The van der Waals surface area contributed by atoms with Gasteiger partial charge in [-0.15, -0.1) is 0 Å². The number of carbonyl (C=O) groups excluding carboxylic acids is 2. The highest BCUT2D eigenvalue weighted by molar-refractivity contribution is 6.03. The maximum absolute atomic E-state index is 12.5. The summed E-state index contributed by atoms with van der Waals surface area (Å²) >= 11 is 0. The molecule has 8 nitrogen and oxygen atoms in total. The number of fused-ring (bicyclic) bond motifs is 1. The van der Waals surface area contributed by atoms with Gasteiger partial charge in [0.2, 0.25) is 0 Å². The second-order valence-electron chi connectivity index (χ2n) is 6.89. The molecular formula is C17H21N5O3. The molecule has 0 saturated carbocycles. The monoisotopic (exact) mass is 343 g/mol. The molecule has 2 amide bonds. The van der Waals surface area contributed by atoms with E-state index in [4.69, 9.17) is 4.74 Å². The molecule has 3 rings (SSSR count). The van der Waals surface area contributed by atoms with E-state index >= 15 is 0 Å². The molecule has 1 aromatic carbocycles. The molecule has 0 unspecified atom stereocenters. The van der Waals surface area contributed by atoms with Crippen molar-refractivity contribution in [3.05, 3.63) is 35.7 Å². The van der Waals surface area contributed by atoms with Crippen LogP contribution in [0.4, 0.5) is 16.2 Å². The number of ether oxygens (including phenoxy) is 1. The Labute approximate surface area is 145 Å². The molecule has 1 aliphatic rings. The molecule has 0 atom stereocenters. The molecule has 2 N–H and O–H groups in total. The van der Waals surface area contributed by atoms with Crippen LogP contribution >= 0.6 is 0 Å². The van der Waals surface area contributed by atoms with Crippen molar-refractivity contribution < 1.29 is 14.3 Å². The Bertz CT molecular complexity index is 780. The number of hydrogen-bond acceptors (Lipinski definition) is 5. The lowest BCUT2D eigenvalue weighted by Crippen LogP contribution is -2.39. The van der Waals surface area contributed by atoms with Crippen molar-refractivity contribution >= 4 is 23.4 Å². The molecule has 8 heteroatoms. The standard InChI is InChI=1S/C17H21N5O3/c1-17(2,3)25-16(24)22-8-4-5-11-6-7-12(9-14(11)22)19-15(23)13-10-18-21-20-13/h6-7,9-10H,4-5,8H2,1-3H3,(H,19,23)(H,18,20,21). The van der Waals surface area contributed by atoms with Crippen molar-refractivity contribution in [1.29, 1.82) is 0 Å².